The molecule has 0 aromatic heterocycles. The maximum Gasteiger partial charge on any atom is 0.151 e. The average Bonchev–Trinajstić information content (AvgIpc) is 2.94. The SMILES string of the molecule is CCS(=O)(=O)CCNCC1(CCO)CC1. The van der Waals surface area contributed by atoms with E-state index in [1.165, 1.54) is 0 Å². The lowest BCUT2D eigenvalue weighted by Crippen LogP contribution is -2.29. The molecule has 5 heteroatoms. The van der Waals surface area contributed by atoms with Gasteiger partial charge in [-0.1, -0.05) is 6.92 Å². The minimum atomic E-state index is -2.84. The van der Waals surface area contributed by atoms with Crippen molar-refractivity contribution >= 4 is 9.84 Å². The van der Waals surface area contributed by atoms with Crippen LogP contribution in [0.2, 0.25) is 0 Å². The lowest BCUT2D eigenvalue weighted by Gasteiger charge is -2.14. The van der Waals surface area contributed by atoms with E-state index in [0.717, 1.165) is 25.8 Å². The normalized spacial score (nSPS) is 19.1. The summed E-state index contributed by atoms with van der Waals surface area (Å²) in [6.07, 6.45) is 3.14. The third kappa shape index (κ3) is 4.49. The van der Waals surface area contributed by atoms with Gasteiger partial charge < -0.3 is 10.4 Å². The Bertz CT molecular complexity index is 283. The standard InChI is InChI=1S/C10H21NO3S/c1-2-15(13,14)8-6-11-9-10(3-4-10)5-7-12/h11-12H,2-9H2,1H3. The fourth-order valence-electron chi connectivity index (χ4n) is 1.65. The minimum Gasteiger partial charge on any atom is -0.396 e. The largest absolute Gasteiger partial charge is 0.396 e. The molecule has 0 aromatic carbocycles. The van der Waals surface area contributed by atoms with Gasteiger partial charge in [0.2, 0.25) is 0 Å². The van der Waals surface area contributed by atoms with E-state index in [9.17, 15) is 8.42 Å². The van der Waals surface area contributed by atoms with E-state index in [1.807, 2.05) is 0 Å². The van der Waals surface area contributed by atoms with Gasteiger partial charge in [-0.2, -0.15) is 0 Å². The Kier molecular flexibility index (Phi) is 4.55. The fraction of sp³-hybridized carbons (Fsp3) is 1.00. The quantitative estimate of drug-likeness (QED) is 0.589. The number of nitrogens with one attached hydrogen (secondary N) is 1. The van der Waals surface area contributed by atoms with Gasteiger partial charge in [-0.05, 0) is 24.7 Å². The van der Waals surface area contributed by atoms with Gasteiger partial charge >= 0.3 is 0 Å². The number of hydrogen-bond acceptors (Lipinski definition) is 4. The summed E-state index contributed by atoms with van der Waals surface area (Å²) in [6, 6.07) is 0. The third-order valence-electron chi connectivity index (χ3n) is 3.13. The van der Waals surface area contributed by atoms with E-state index in [1.54, 1.807) is 6.92 Å². The molecule has 0 aliphatic heterocycles. The van der Waals surface area contributed by atoms with Gasteiger partial charge in [0.25, 0.3) is 0 Å². The molecule has 1 fully saturated rings. The second-order valence-corrected chi connectivity index (χ2v) is 6.86. The Labute approximate surface area is 92.0 Å². The van der Waals surface area contributed by atoms with E-state index in [2.05, 4.69) is 5.32 Å². The van der Waals surface area contributed by atoms with Crippen LogP contribution in [-0.4, -0.2) is 44.7 Å². The summed E-state index contributed by atoms with van der Waals surface area (Å²) < 4.78 is 22.4. The van der Waals surface area contributed by atoms with Crippen LogP contribution >= 0.6 is 0 Å². The van der Waals surface area contributed by atoms with Crippen LogP contribution in [-0.2, 0) is 9.84 Å². The number of rotatable bonds is 8. The highest BCUT2D eigenvalue weighted by atomic mass is 32.2. The van der Waals surface area contributed by atoms with Crippen molar-refractivity contribution in [2.45, 2.75) is 26.2 Å². The molecule has 0 spiro atoms. The first-order valence-electron chi connectivity index (χ1n) is 5.56. The molecule has 0 aromatic rings. The maximum absolute atomic E-state index is 11.2. The van der Waals surface area contributed by atoms with Crippen molar-refractivity contribution in [1.29, 1.82) is 0 Å². The molecule has 2 N–H and O–H groups in total. The second-order valence-electron chi connectivity index (χ2n) is 4.39. The monoisotopic (exact) mass is 235 g/mol. The van der Waals surface area contributed by atoms with Crippen molar-refractivity contribution in [3.8, 4) is 0 Å². The van der Waals surface area contributed by atoms with Crippen molar-refractivity contribution in [3.05, 3.63) is 0 Å². The molecule has 0 heterocycles. The zero-order chi connectivity index (χ0) is 11.4. The molecule has 0 atom stereocenters. The van der Waals surface area contributed by atoms with Gasteiger partial charge in [-0.25, -0.2) is 8.42 Å². The number of sulfone groups is 1. The summed E-state index contributed by atoms with van der Waals surface area (Å²) in [7, 11) is -2.84. The van der Waals surface area contributed by atoms with Crippen LogP contribution in [0.4, 0.5) is 0 Å². The highest BCUT2D eigenvalue weighted by molar-refractivity contribution is 7.91. The van der Waals surface area contributed by atoms with Crippen LogP contribution < -0.4 is 5.32 Å². The Morgan fingerprint density at radius 3 is 2.53 bits per heavy atom. The molecular weight excluding hydrogens is 214 g/mol. The Morgan fingerprint density at radius 2 is 2.07 bits per heavy atom. The number of aliphatic hydroxyl groups is 1. The summed E-state index contributed by atoms with van der Waals surface area (Å²) in [5.41, 5.74) is 0.269. The van der Waals surface area contributed by atoms with Crippen molar-refractivity contribution in [2.75, 3.05) is 31.2 Å². The van der Waals surface area contributed by atoms with Crippen LogP contribution in [0.1, 0.15) is 26.2 Å². The van der Waals surface area contributed by atoms with Crippen molar-refractivity contribution in [1.82, 2.24) is 5.32 Å². The molecular formula is C10H21NO3S. The van der Waals surface area contributed by atoms with Crippen molar-refractivity contribution < 1.29 is 13.5 Å². The fourth-order valence-corrected chi connectivity index (χ4v) is 2.40. The van der Waals surface area contributed by atoms with E-state index in [-0.39, 0.29) is 23.5 Å². The number of hydrogen-bond donors (Lipinski definition) is 2. The average molecular weight is 235 g/mol. The first-order valence-corrected chi connectivity index (χ1v) is 7.38. The highest BCUT2D eigenvalue weighted by Gasteiger charge is 2.41. The summed E-state index contributed by atoms with van der Waals surface area (Å²) >= 11 is 0. The zero-order valence-electron chi connectivity index (χ0n) is 9.33. The predicted octanol–water partition coefficient (Wildman–Crippen LogP) is 0.173. The Hall–Kier alpha value is -0.130. The van der Waals surface area contributed by atoms with E-state index >= 15 is 0 Å². The van der Waals surface area contributed by atoms with Gasteiger partial charge in [0.15, 0.2) is 9.84 Å². The van der Waals surface area contributed by atoms with E-state index in [0.29, 0.717) is 6.54 Å². The first kappa shape index (κ1) is 12.9. The van der Waals surface area contributed by atoms with Crippen LogP contribution in [0, 0.1) is 5.41 Å². The third-order valence-corrected chi connectivity index (χ3v) is 4.83. The smallest absolute Gasteiger partial charge is 0.151 e. The van der Waals surface area contributed by atoms with Crippen molar-refractivity contribution in [2.24, 2.45) is 5.41 Å². The minimum absolute atomic E-state index is 0.219. The molecule has 90 valence electrons. The van der Waals surface area contributed by atoms with Gasteiger partial charge in [0.05, 0.1) is 5.75 Å². The molecule has 0 radical (unpaired) electrons. The summed E-state index contributed by atoms with van der Waals surface area (Å²) in [4.78, 5) is 0. The Morgan fingerprint density at radius 1 is 1.40 bits per heavy atom. The molecule has 4 nitrogen and oxygen atoms in total. The molecule has 1 aliphatic carbocycles. The predicted molar refractivity (Wildman–Crippen MR) is 60.6 cm³/mol. The van der Waals surface area contributed by atoms with Gasteiger partial charge in [0, 0.05) is 25.4 Å². The topological polar surface area (TPSA) is 66.4 Å². The first-order chi connectivity index (χ1) is 7.04. The van der Waals surface area contributed by atoms with E-state index in [4.69, 9.17) is 5.11 Å². The summed E-state index contributed by atoms with van der Waals surface area (Å²) in [5.74, 6) is 0.440. The molecule has 0 saturated heterocycles. The molecule has 1 aliphatic rings. The molecule has 0 bridgehead atoms. The van der Waals surface area contributed by atoms with E-state index < -0.39 is 9.84 Å². The van der Waals surface area contributed by atoms with Crippen molar-refractivity contribution in [3.63, 3.8) is 0 Å². The maximum atomic E-state index is 11.2. The van der Waals surface area contributed by atoms with Gasteiger partial charge in [0.1, 0.15) is 0 Å². The molecule has 0 amide bonds. The van der Waals surface area contributed by atoms with Gasteiger partial charge in [-0.15, -0.1) is 0 Å². The lowest BCUT2D eigenvalue weighted by molar-refractivity contribution is 0.246. The molecule has 1 rings (SSSR count). The lowest BCUT2D eigenvalue weighted by atomic mass is 10.0. The molecule has 0 unspecified atom stereocenters. The summed E-state index contributed by atoms with van der Waals surface area (Å²) in [5, 5.41) is 12.0. The second kappa shape index (κ2) is 5.27. The van der Waals surface area contributed by atoms with Crippen LogP contribution in [0.25, 0.3) is 0 Å². The summed E-state index contributed by atoms with van der Waals surface area (Å²) in [6.45, 7) is 3.27. The zero-order valence-corrected chi connectivity index (χ0v) is 10.1. The highest BCUT2D eigenvalue weighted by Crippen LogP contribution is 2.47. The number of aliphatic hydroxyl groups excluding tert-OH is 1. The van der Waals surface area contributed by atoms with Crippen LogP contribution in [0.3, 0.4) is 0 Å². The molecule has 15 heavy (non-hydrogen) atoms. The molecule has 1 saturated carbocycles. The van der Waals surface area contributed by atoms with Gasteiger partial charge in [-0.3, -0.25) is 0 Å². The Balaban J connectivity index is 2.12. The van der Waals surface area contributed by atoms with Crippen LogP contribution in [0.5, 0.6) is 0 Å². The van der Waals surface area contributed by atoms with Crippen LogP contribution in [0.15, 0.2) is 0 Å².